The predicted molar refractivity (Wildman–Crippen MR) is 74.8 cm³/mol. The molecule has 0 radical (unpaired) electrons. The molecule has 2 N–H and O–H groups in total. The van der Waals surface area contributed by atoms with Crippen LogP contribution in [0.5, 0.6) is 0 Å². The maximum Gasteiger partial charge on any atom is 0.0446 e. The standard InChI is InChI=1S/C14H29N3O/c1-15-13(6-10-18)11-16-9-5-14(12-16)17-7-3-2-4-8-17/h13-15,18H,2-12H2,1H3. The second kappa shape index (κ2) is 7.43. The Labute approximate surface area is 111 Å². The van der Waals surface area contributed by atoms with Crippen LogP contribution in [0.15, 0.2) is 0 Å². The average Bonchev–Trinajstić information content (AvgIpc) is 2.88. The topological polar surface area (TPSA) is 38.7 Å². The third-order valence-electron chi connectivity index (χ3n) is 4.52. The van der Waals surface area contributed by atoms with Gasteiger partial charge in [-0.2, -0.15) is 0 Å². The number of nitrogens with zero attached hydrogens (tertiary/aromatic N) is 2. The molecule has 0 bridgehead atoms. The van der Waals surface area contributed by atoms with Gasteiger partial charge in [-0.25, -0.2) is 0 Å². The summed E-state index contributed by atoms with van der Waals surface area (Å²) in [6, 6.07) is 1.23. The molecule has 0 aliphatic carbocycles. The number of rotatable bonds is 6. The summed E-state index contributed by atoms with van der Waals surface area (Å²) in [6.07, 6.45) is 6.39. The Balaban J connectivity index is 1.73. The Hall–Kier alpha value is -0.160. The van der Waals surface area contributed by atoms with Gasteiger partial charge in [-0.15, -0.1) is 0 Å². The smallest absolute Gasteiger partial charge is 0.0446 e. The Bertz CT molecular complexity index is 231. The second-order valence-electron chi connectivity index (χ2n) is 5.80. The van der Waals surface area contributed by atoms with Crippen LogP contribution in [0.3, 0.4) is 0 Å². The molecule has 106 valence electrons. The van der Waals surface area contributed by atoms with Crippen LogP contribution in [0.4, 0.5) is 0 Å². The molecular weight excluding hydrogens is 226 g/mol. The molecule has 2 aliphatic heterocycles. The van der Waals surface area contributed by atoms with Crippen molar-refractivity contribution in [3.63, 3.8) is 0 Å². The van der Waals surface area contributed by atoms with E-state index in [9.17, 15) is 0 Å². The van der Waals surface area contributed by atoms with E-state index in [1.165, 1.54) is 51.9 Å². The van der Waals surface area contributed by atoms with Crippen LogP contribution in [0.1, 0.15) is 32.1 Å². The first-order valence-corrected chi connectivity index (χ1v) is 7.58. The molecule has 2 aliphatic rings. The third kappa shape index (κ3) is 3.92. The van der Waals surface area contributed by atoms with Crippen LogP contribution in [0, 0.1) is 0 Å². The number of likely N-dealkylation sites (N-methyl/N-ethyl adjacent to an activating group) is 1. The van der Waals surface area contributed by atoms with Crippen molar-refractivity contribution in [2.75, 3.05) is 46.4 Å². The van der Waals surface area contributed by atoms with Crippen molar-refractivity contribution in [2.45, 2.75) is 44.2 Å². The molecule has 0 aromatic heterocycles. The van der Waals surface area contributed by atoms with Crippen LogP contribution >= 0.6 is 0 Å². The highest BCUT2D eigenvalue weighted by Crippen LogP contribution is 2.20. The van der Waals surface area contributed by atoms with Gasteiger partial charge in [0.25, 0.3) is 0 Å². The number of piperidine rings is 1. The average molecular weight is 255 g/mol. The summed E-state index contributed by atoms with van der Waals surface area (Å²) in [6.45, 7) is 6.44. The first kappa shape index (κ1) is 14.3. The van der Waals surface area contributed by atoms with Gasteiger partial charge in [0.05, 0.1) is 0 Å². The van der Waals surface area contributed by atoms with Crippen molar-refractivity contribution in [1.82, 2.24) is 15.1 Å². The van der Waals surface area contributed by atoms with Gasteiger partial charge in [0.2, 0.25) is 0 Å². The second-order valence-corrected chi connectivity index (χ2v) is 5.80. The quantitative estimate of drug-likeness (QED) is 0.726. The lowest BCUT2D eigenvalue weighted by Gasteiger charge is -2.32. The van der Waals surface area contributed by atoms with Crippen molar-refractivity contribution < 1.29 is 5.11 Å². The van der Waals surface area contributed by atoms with Crippen LogP contribution in [0.2, 0.25) is 0 Å². The minimum atomic E-state index is 0.287. The molecule has 0 aromatic rings. The highest BCUT2D eigenvalue weighted by atomic mass is 16.3. The summed E-state index contributed by atoms with van der Waals surface area (Å²) in [4.78, 5) is 5.26. The molecule has 2 rings (SSSR count). The van der Waals surface area contributed by atoms with Crippen molar-refractivity contribution in [3.05, 3.63) is 0 Å². The number of aliphatic hydroxyl groups is 1. The van der Waals surface area contributed by atoms with E-state index in [1.54, 1.807) is 0 Å². The zero-order valence-corrected chi connectivity index (χ0v) is 11.8. The molecule has 2 atom stereocenters. The van der Waals surface area contributed by atoms with E-state index in [0.29, 0.717) is 6.04 Å². The fraction of sp³-hybridized carbons (Fsp3) is 1.00. The molecule has 4 nitrogen and oxygen atoms in total. The number of hydrogen-bond acceptors (Lipinski definition) is 4. The van der Waals surface area contributed by atoms with E-state index in [1.807, 2.05) is 7.05 Å². The minimum Gasteiger partial charge on any atom is -0.396 e. The third-order valence-corrected chi connectivity index (χ3v) is 4.52. The maximum absolute atomic E-state index is 9.03. The number of nitrogens with one attached hydrogen (secondary N) is 1. The summed E-state index contributed by atoms with van der Waals surface area (Å²) in [5.74, 6) is 0. The van der Waals surface area contributed by atoms with Gasteiger partial charge in [0.15, 0.2) is 0 Å². The summed E-state index contributed by atoms with van der Waals surface area (Å²) >= 11 is 0. The molecule has 0 aromatic carbocycles. The molecule has 18 heavy (non-hydrogen) atoms. The molecule has 2 heterocycles. The molecule has 2 saturated heterocycles. The molecule has 2 fully saturated rings. The molecule has 0 amide bonds. The van der Waals surface area contributed by atoms with E-state index in [4.69, 9.17) is 5.11 Å². The lowest BCUT2D eigenvalue weighted by atomic mass is 10.1. The summed E-state index contributed by atoms with van der Waals surface area (Å²) in [5, 5.41) is 12.3. The van der Waals surface area contributed by atoms with Gasteiger partial charge in [-0.3, -0.25) is 4.90 Å². The lowest BCUT2D eigenvalue weighted by molar-refractivity contribution is 0.158. The SMILES string of the molecule is CNC(CCO)CN1CCC(N2CCCCC2)C1. The van der Waals surface area contributed by atoms with Crippen molar-refractivity contribution in [3.8, 4) is 0 Å². The van der Waals surface area contributed by atoms with Crippen LogP contribution in [-0.2, 0) is 0 Å². The summed E-state index contributed by atoms with van der Waals surface area (Å²) < 4.78 is 0. The Morgan fingerprint density at radius 2 is 2.00 bits per heavy atom. The molecule has 0 spiro atoms. The van der Waals surface area contributed by atoms with Crippen molar-refractivity contribution in [1.29, 1.82) is 0 Å². The summed E-state index contributed by atoms with van der Waals surface area (Å²) in [5.41, 5.74) is 0. The summed E-state index contributed by atoms with van der Waals surface area (Å²) in [7, 11) is 2.00. The van der Waals surface area contributed by atoms with Gasteiger partial charge in [0, 0.05) is 31.8 Å². The van der Waals surface area contributed by atoms with Crippen LogP contribution in [-0.4, -0.2) is 73.4 Å². The molecular formula is C14H29N3O. The van der Waals surface area contributed by atoms with E-state index >= 15 is 0 Å². The van der Waals surface area contributed by atoms with Gasteiger partial charge in [0.1, 0.15) is 0 Å². The molecule has 2 unspecified atom stereocenters. The Morgan fingerprint density at radius 1 is 1.22 bits per heavy atom. The van der Waals surface area contributed by atoms with Crippen molar-refractivity contribution >= 4 is 0 Å². The van der Waals surface area contributed by atoms with Gasteiger partial charge in [-0.1, -0.05) is 6.42 Å². The molecule has 0 saturated carbocycles. The first-order chi connectivity index (χ1) is 8.83. The highest BCUT2D eigenvalue weighted by molar-refractivity contribution is 4.86. The number of aliphatic hydroxyl groups excluding tert-OH is 1. The van der Waals surface area contributed by atoms with Crippen molar-refractivity contribution in [2.24, 2.45) is 0 Å². The largest absolute Gasteiger partial charge is 0.396 e. The van der Waals surface area contributed by atoms with E-state index in [2.05, 4.69) is 15.1 Å². The monoisotopic (exact) mass is 255 g/mol. The van der Waals surface area contributed by atoms with E-state index < -0.39 is 0 Å². The Kier molecular flexibility index (Phi) is 5.89. The lowest BCUT2D eigenvalue weighted by Crippen LogP contribution is -2.43. The zero-order chi connectivity index (χ0) is 12.8. The molecule has 4 heteroatoms. The van der Waals surface area contributed by atoms with Gasteiger partial charge >= 0.3 is 0 Å². The zero-order valence-electron chi connectivity index (χ0n) is 11.8. The number of likely N-dealkylation sites (tertiary alicyclic amines) is 2. The Morgan fingerprint density at radius 3 is 2.67 bits per heavy atom. The van der Waals surface area contributed by atoms with Gasteiger partial charge in [-0.05, 0) is 52.4 Å². The highest BCUT2D eigenvalue weighted by Gasteiger charge is 2.29. The minimum absolute atomic E-state index is 0.287. The fourth-order valence-corrected chi connectivity index (χ4v) is 3.35. The van der Waals surface area contributed by atoms with Crippen LogP contribution in [0.25, 0.3) is 0 Å². The normalized spacial score (nSPS) is 28.7. The van der Waals surface area contributed by atoms with E-state index in [0.717, 1.165) is 19.0 Å². The fourth-order valence-electron chi connectivity index (χ4n) is 3.35. The van der Waals surface area contributed by atoms with E-state index in [-0.39, 0.29) is 6.61 Å². The number of hydrogen-bond donors (Lipinski definition) is 2. The predicted octanol–water partition coefficient (Wildman–Crippen LogP) is 0.517. The van der Waals surface area contributed by atoms with Crippen LogP contribution < -0.4 is 5.32 Å². The van der Waals surface area contributed by atoms with Gasteiger partial charge < -0.3 is 15.3 Å². The maximum atomic E-state index is 9.03. The first-order valence-electron chi connectivity index (χ1n) is 7.58.